The summed E-state index contributed by atoms with van der Waals surface area (Å²) in [7, 11) is 3.44. The Morgan fingerprint density at radius 2 is 1.56 bits per heavy atom. The summed E-state index contributed by atoms with van der Waals surface area (Å²) in [6, 6.07) is 6.24. The van der Waals surface area contributed by atoms with Gasteiger partial charge in [0, 0.05) is 12.6 Å². The minimum atomic E-state index is 0.862. The van der Waals surface area contributed by atoms with Crippen molar-refractivity contribution in [2.75, 3.05) is 46.9 Å². The van der Waals surface area contributed by atoms with Gasteiger partial charge in [-0.1, -0.05) is 0 Å². The van der Waals surface area contributed by atoms with E-state index in [2.05, 4.69) is 22.3 Å². The smallest absolute Gasteiger partial charge is 0.122 e. The van der Waals surface area contributed by atoms with Gasteiger partial charge in [-0.2, -0.15) is 0 Å². The molecule has 1 aromatic carbocycles. The first-order valence-corrected chi connectivity index (χ1v) is 9.92. The van der Waals surface area contributed by atoms with Crippen molar-refractivity contribution >= 4 is 0 Å². The zero-order valence-electron chi connectivity index (χ0n) is 15.9. The van der Waals surface area contributed by atoms with E-state index in [1.54, 1.807) is 14.2 Å². The average Bonchev–Trinajstić information content (AvgIpc) is 2.68. The van der Waals surface area contributed by atoms with E-state index in [4.69, 9.17) is 9.47 Å². The minimum Gasteiger partial charge on any atom is -0.497 e. The van der Waals surface area contributed by atoms with Gasteiger partial charge in [0.15, 0.2) is 0 Å². The van der Waals surface area contributed by atoms with E-state index in [1.807, 2.05) is 6.07 Å². The summed E-state index contributed by atoms with van der Waals surface area (Å²) in [4.78, 5) is 2.71. The predicted molar refractivity (Wildman–Crippen MR) is 103 cm³/mol. The molecule has 4 nitrogen and oxygen atoms in total. The van der Waals surface area contributed by atoms with Crippen LogP contribution in [0, 0.1) is 11.8 Å². The van der Waals surface area contributed by atoms with Crippen LogP contribution in [0.2, 0.25) is 0 Å². The van der Waals surface area contributed by atoms with Crippen LogP contribution in [0.5, 0.6) is 11.5 Å². The van der Waals surface area contributed by atoms with Crippen LogP contribution in [0.15, 0.2) is 18.2 Å². The van der Waals surface area contributed by atoms with Crippen LogP contribution in [0.25, 0.3) is 0 Å². The topological polar surface area (TPSA) is 33.7 Å². The lowest BCUT2D eigenvalue weighted by Crippen LogP contribution is -2.40. The van der Waals surface area contributed by atoms with Crippen LogP contribution in [0.3, 0.4) is 0 Å². The fourth-order valence-corrected chi connectivity index (χ4v) is 4.27. The number of aryl methyl sites for hydroxylation is 1. The molecule has 0 amide bonds. The van der Waals surface area contributed by atoms with Gasteiger partial charge in [-0.25, -0.2) is 0 Å². The summed E-state index contributed by atoms with van der Waals surface area (Å²) in [5.41, 5.74) is 1.33. The molecule has 0 saturated carbocycles. The van der Waals surface area contributed by atoms with E-state index in [-0.39, 0.29) is 0 Å². The third kappa shape index (κ3) is 5.61. The zero-order chi connectivity index (χ0) is 17.5. The summed E-state index contributed by atoms with van der Waals surface area (Å²) >= 11 is 0. The van der Waals surface area contributed by atoms with Gasteiger partial charge in [0.25, 0.3) is 0 Å². The third-order valence-corrected chi connectivity index (χ3v) is 5.93. The fourth-order valence-electron chi connectivity index (χ4n) is 4.27. The number of nitrogens with one attached hydrogen (secondary N) is 1. The van der Waals surface area contributed by atoms with Gasteiger partial charge in [0.2, 0.25) is 0 Å². The predicted octanol–water partition coefficient (Wildman–Crippen LogP) is 3.35. The zero-order valence-corrected chi connectivity index (χ0v) is 15.9. The third-order valence-electron chi connectivity index (χ3n) is 5.93. The second-order valence-corrected chi connectivity index (χ2v) is 7.70. The van der Waals surface area contributed by atoms with Crippen molar-refractivity contribution in [2.45, 2.75) is 38.5 Å². The highest BCUT2D eigenvalue weighted by Crippen LogP contribution is 2.27. The number of rotatable bonds is 7. The van der Waals surface area contributed by atoms with Gasteiger partial charge in [0.1, 0.15) is 11.5 Å². The summed E-state index contributed by atoms with van der Waals surface area (Å²) in [6.45, 7) is 6.32. The molecule has 0 aliphatic carbocycles. The monoisotopic (exact) mass is 346 g/mol. The summed E-state index contributed by atoms with van der Waals surface area (Å²) in [5, 5.41) is 3.47. The molecular formula is C21H34N2O2. The van der Waals surface area contributed by atoms with Gasteiger partial charge in [-0.15, -0.1) is 0 Å². The normalized spacial score (nSPS) is 20.6. The van der Waals surface area contributed by atoms with E-state index in [0.717, 1.165) is 29.8 Å². The van der Waals surface area contributed by atoms with Crippen molar-refractivity contribution in [3.8, 4) is 11.5 Å². The van der Waals surface area contributed by atoms with Crippen LogP contribution < -0.4 is 14.8 Å². The molecule has 140 valence electrons. The number of nitrogens with zero attached hydrogens (tertiary/aromatic N) is 1. The molecule has 25 heavy (non-hydrogen) atoms. The van der Waals surface area contributed by atoms with E-state index < -0.39 is 0 Å². The van der Waals surface area contributed by atoms with Crippen molar-refractivity contribution in [1.82, 2.24) is 10.2 Å². The standard InChI is InChI=1S/C21H34N2O2/c1-24-20-13-19(14-21(15-20)25-2)4-3-17-7-11-23(12-8-17)16-18-5-9-22-10-6-18/h13-15,17-18,22H,3-12,16H2,1-2H3. The molecule has 0 unspecified atom stereocenters. The first-order valence-electron chi connectivity index (χ1n) is 9.92. The number of ether oxygens (including phenoxy) is 2. The lowest BCUT2D eigenvalue weighted by atomic mass is 9.89. The molecule has 0 aromatic heterocycles. The SMILES string of the molecule is COc1cc(CCC2CCN(CC3CCNCC3)CC2)cc(OC)c1. The Kier molecular flexibility index (Phi) is 7.00. The van der Waals surface area contributed by atoms with Crippen molar-refractivity contribution in [2.24, 2.45) is 11.8 Å². The second kappa shape index (κ2) is 9.44. The molecule has 0 spiro atoms. The number of benzene rings is 1. The Morgan fingerprint density at radius 3 is 2.16 bits per heavy atom. The Labute approximate surface area is 152 Å². The molecule has 0 bridgehead atoms. The number of piperidine rings is 2. The van der Waals surface area contributed by atoms with Crippen molar-refractivity contribution in [3.63, 3.8) is 0 Å². The Morgan fingerprint density at radius 1 is 0.920 bits per heavy atom. The molecule has 0 atom stereocenters. The largest absolute Gasteiger partial charge is 0.497 e. The quantitative estimate of drug-likeness (QED) is 0.821. The number of hydrogen-bond donors (Lipinski definition) is 1. The first kappa shape index (κ1) is 18.5. The Balaban J connectivity index is 1.41. The lowest BCUT2D eigenvalue weighted by Gasteiger charge is -2.35. The maximum atomic E-state index is 5.38. The highest BCUT2D eigenvalue weighted by Gasteiger charge is 2.22. The van der Waals surface area contributed by atoms with E-state index in [1.165, 1.54) is 70.4 Å². The fraction of sp³-hybridized carbons (Fsp3) is 0.714. The number of methoxy groups -OCH3 is 2. The van der Waals surface area contributed by atoms with Crippen LogP contribution in [-0.4, -0.2) is 51.8 Å². The first-order chi connectivity index (χ1) is 12.3. The van der Waals surface area contributed by atoms with E-state index in [9.17, 15) is 0 Å². The van der Waals surface area contributed by atoms with Crippen LogP contribution >= 0.6 is 0 Å². The molecule has 2 fully saturated rings. The molecule has 2 aliphatic rings. The molecule has 2 heterocycles. The van der Waals surface area contributed by atoms with Gasteiger partial charge in [0.05, 0.1) is 14.2 Å². The van der Waals surface area contributed by atoms with Crippen molar-refractivity contribution in [3.05, 3.63) is 23.8 Å². The van der Waals surface area contributed by atoms with Crippen LogP contribution in [0.4, 0.5) is 0 Å². The molecule has 1 aromatic rings. The molecule has 2 saturated heterocycles. The van der Waals surface area contributed by atoms with Crippen LogP contribution in [-0.2, 0) is 6.42 Å². The maximum absolute atomic E-state index is 5.38. The van der Waals surface area contributed by atoms with Gasteiger partial charge in [-0.05, 0) is 94.2 Å². The molecule has 3 rings (SSSR count). The Bertz CT molecular complexity index is 498. The average molecular weight is 347 g/mol. The number of likely N-dealkylation sites (tertiary alicyclic amines) is 1. The van der Waals surface area contributed by atoms with E-state index in [0.29, 0.717) is 0 Å². The maximum Gasteiger partial charge on any atom is 0.122 e. The summed E-state index contributed by atoms with van der Waals surface area (Å²) in [5.74, 6) is 3.57. The molecule has 2 aliphatic heterocycles. The summed E-state index contributed by atoms with van der Waals surface area (Å²) in [6.07, 6.45) is 7.82. The van der Waals surface area contributed by atoms with Gasteiger partial charge in [-0.3, -0.25) is 0 Å². The number of hydrogen-bond acceptors (Lipinski definition) is 4. The highest BCUT2D eigenvalue weighted by molar-refractivity contribution is 5.38. The van der Waals surface area contributed by atoms with Gasteiger partial charge < -0.3 is 19.7 Å². The van der Waals surface area contributed by atoms with Crippen molar-refractivity contribution < 1.29 is 9.47 Å². The molecule has 4 heteroatoms. The van der Waals surface area contributed by atoms with Gasteiger partial charge >= 0.3 is 0 Å². The minimum absolute atomic E-state index is 0.862. The second-order valence-electron chi connectivity index (χ2n) is 7.70. The summed E-state index contributed by atoms with van der Waals surface area (Å²) < 4.78 is 10.8. The molecule has 1 N–H and O–H groups in total. The van der Waals surface area contributed by atoms with Crippen molar-refractivity contribution in [1.29, 1.82) is 0 Å². The molecular weight excluding hydrogens is 312 g/mol. The Hall–Kier alpha value is -1.26. The molecule has 0 radical (unpaired) electrons. The highest BCUT2D eigenvalue weighted by atomic mass is 16.5. The van der Waals surface area contributed by atoms with E-state index >= 15 is 0 Å². The van der Waals surface area contributed by atoms with Crippen LogP contribution in [0.1, 0.15) is 37.7 Å². The lowest BCUT2D eigenvalue weighted by molar-refractivity contribution is 0.145.